The summed E-state index contributed by atoms with van der Waals surface area (Å²) in [6.45, 7) is 1.70. The largest absolute Gasteiger partial charge is 0.478 e. The Labute approximate surface area is 223 Å². The molecule has 0 atom stereocenters. The monoisotopic (exact) mass is 532 g/mol. The van der Waals surface area contributed by atoms with E-state index in [9.17, 15) is 29.7 Å². The topological polar surface area (TPSA) is 189 Å². The van der Waals surface area contributed by atoms with E-state index in [-0.39, 0.29) is 44.3 Å². The number of hydrogen-bond acceptors (Lipinski definition) is 9. The first-order chi connectivity index (χ1) is 19.2. The van der Waals surface area contributed by atoms with Crippen molar-refractivity contribution in [2.75, 3.05) is 0 Å². The average Bonchev–Trinajstić information content (AvgIpc) is 2.94. The quantitative estimate of drug-likeness (QED) is 0.292. The summed E-state index contributed by atoms with van der Waals surface area (Å²) in [6.07, 6.45) is 1.40. The highest BCUT2D eigenvalue weighted by molar-refractivity contribution is 6.04. The van der Waals surface area contributed by atoms with E-state index in [0.717, 1.165) is 0 Å². The molecule has 0 fully saturated rings. The second-order valence-corrected chi connectivity index (χ2v) is 8.86. The number of nitrogens with zero attached hydrogens (tertiary/aromatic N) is 6. The zero-order valence-corrected chi connectivity index (χ0v) is 20.5. The zero-order chi connectivity index (χ0) is 28.1. The Morgan fingerprint density at radius 2 is 0.950 bits per heavy atom. The van der Waals surface area contributed by atoms with E-state index in [4.69, 9.17) is 9.97 Å². The predicted octanol–water partition coefficient (Wildman–Crippen LogP) is 4.35. The van der Waals surface area contributed by atoms with Crippen LogP contribution < -0.4 is 0 Å². The first kappa shape index (κ1) is 24.4. The Kier molecular flexibility index (Phi) is 5.58. The Morgan fingerprint density at radius 1 is 0.500 bits per heavy atom. The van der Waals surface area contributed by atoms with Crippen molar-refractivity contribution in [1.29, 1.82) is 0 Å². The van der Waals surface area contributed by atoms with Crippen molar-refractivity contribution in [3.63, 3.8) is 0 Å². The molecule has 3 heterocycles. The molecule has 0 radical (unpaired) electrons. The second-order valence-electron chi connectivity index (χ2n) is 8.86. The molecule has 0 spiro atoms. The normalized spacial score (nSPS) is 11.2. The Balaban J connectivity index is 1.85. The maximum atomic E-state index is 11.6. The van der Waals surface area contributed by atoms with Gasteiger partial charge in [0, 0.05) is 0 Å². The van der Waals surface area contributed by atoms with Gasteiger partial charge in [0.25, 0.3) is 0 Å². The van der Waals surface area contributed by atoms with Gasteiger partial charge < -0.3 is 15.3 Å². The van der Waals surface area contributed by atoms with Gasteiger partial charge in [0.05, 0.1) is 61.7 Å². The average molecular weight is 532 g/mol. The highest BCUT2D eigenvalue weighted by Crippen LogP contribution is 2.25. The third kappa shape index (κ3) is 4.19. The molecule has 0 aliphatic carbocycles. The molecule has 6 aromatic rings. The molecule has 3 aromatic carbocycles. The molecular formula is C28H16N6O6. The Morgan fingerprint density at radius 3 is 1.50 bits per heavy atom. The number of hydrogen-bond donors (Lipinski definition) is 3. The van der Waals surface area contributed by atoms with E-state index in [1.54, 1.807) is 13.0 Å². The number of rotatable bonds is 3. The summed E-state index contributed by atoms with van der Waals surface area (Å²) in [7, 11) is 0. The highest BCUT2D eigenvalue weighted by Gasteiger charge is 2.14. The second kappa shape index (κ2) is 9.13. The van der Waals surface area contributed by atoms with Crippen LogP contribution in [0.2, 0.25) is 0 Å². The van der Waals surface area contributed by atoms with Gasteiger partial charge >= 0.3 is 17.9 Å². The van der Waals surface area contributed by atoms with Crippen LogP contribution >= 0.6 is 0 Å². The Bertz CT molecular complexity index is 2180. The fraction of sp³-hybridized carbons (Fsp3) is 0.0357. The number of carbonyl (C=O) groups is 3. The van der Waals surface area contributed by atoms with Gasteiger partial charge in [-0.1, -0.05) is 0 Å². The number of aryl methyl sites for hydroxylation is 1. The van der Waals surface area contributed by atoms with Gasteiger partial charge in [0.1, 0.15) is 22.1 Å². The molecular weight excluding hydrogens is 516 g/mol. The number of aromatic carboxylic acids is 3. The summed E-state index contributed by atoms with van der Waals surface area (Å²) in [5.74, 6) is -3.38. The summed E-state index contributed by atoms with van der Waals surface area (Å²) >= 11 is 0. The van der Waals surface area contributed by atoms with Crippen LogP contribution in [-0.4, -0.2) is 63.1 Å². The minimum Gasteiger partial charge on any atom is -0.478 e. The molecule has 3 aromatic heterocycles. The summed E-state index contributed by atoms with van der Waals surface area (Å²) in [5, 5.41) is 28.4. The van der Waals surface area contributed by atoms with E-state index in [2.05, 4.69) is 19.9 Å². The number of aromatic nitrogens is 6. The van der Waals surface area contributed by atoms with E-state index in [1.807, 2.05) is 0 Å². The minimum atomic E-state index is -1.13. The molecule has 0 saturated heterocycles. The van der Waals surface area contributed by atoms with Gasteiger partial charge in [-0.05, 0) is 61.5 Å². The van der Waals surface area contributed by atoms with E-state index >= 15 is 0 Å². The zero-order valence-electron chi connectivity index (χ0n) is 20.5. The fourth-order valence-corrected chi connectivity index (χ4v) is 4.29. The van der Waals surface area contributed by atoms with Gasteiger partial charge in [0.2, 0.25) is 0 Å². The molecule has 12 nitrogen and oxygen atoms in total. The first-order valence-electron chi connectivity index (χ1n) is 11.8. The maximum absolute atomic E-state index is 11.6. The van der Waals surface area contributed by atoms with Crippen molar-refractivity contribution >= 4 is 73.1 Å². The van der Waals surface area contributed by atoms with Crippen molar-refractivity contribution in [3.05, 3.63) is 83.2 Å². The van der Waals surface area contributed by atoms with Gasteiger partial charge in [-0.25, -0.2) is 39.3 Å². The molecule has 12 heteroatoms. The lowest BCUT2D eigenvalue weighted by atomic mass is 10.1. The van der Waals surface area contributed by atoms with Gasteiger partial charge in [-0.3, -0.25) is 4.98 Å². The molecule has 194 valence electrons. The summed E-state index contributed by atoms with van der Waals surface area (Å²) in [6, 6.07) is 13.0. The highest BCUT2D eigenvalue weighted by atomic mass is 16.4. The van der Waals surface area contributed by atoms with Crippen LogP contribution in [0.1, 0.15) is 36.8 Å². The Hall–Kier alpha value is -5.91. The third-order valence-corrected chi connectivity index (χ3v) is 6.25. The van der Waals surface area contributed by atoms with Crippen LogP contribution in [0.25, 0.3) is 55.2 Å². The van der Waals surface area contributed by atoms with Crippen LogP contribution in [-0.2, 0) is 0 Å². The lowest BCUT2D eigenvalue weighted by Crippen LogP contribution is -1.99. The first-order valence-corrected chi connectivity index (χ1v) is 11.8. The van der Waals surface area contributed by atoms with Crippen LogP contribution in [0.4, 0.5) is 0 Å². The van der Waals surface area contributed by atoms with Crippen molar-refractivity contribution < 1.29 is 29.7 Å². The number of carboxylic acid groups (broad SMARTS) is 3. The van der Waals surface area contributed by atoms with Crippen molar-refractivity contribution in [3.8, 4) is 0 Å². The van der Waals surface area contributed by atoms with Crippen molar-refractivity contribution in [2.24, 2.45) is 0 Å². The van der Waals surface area contributed by atoms with Gasteiger partial charge in [-0.2, -0.15) is 0 Å². The molecule has 0 unspecified atom stereocenters. The molecule has 0 aliphatic heterocycles. The van der Waals surface area contributed by atoms with Gasteiger partial charge in [0.15, 0.2) is 0 Å². The standard InChI is InChI=1S/C28H16N6O6/c1-12-23-25(34-21-10-15(28(39)40)4-7-18(21)32-23)24-22(31-17-6-3-14(27(37)38)9-20(17)33-24)11-29-19-8-13(26(35)36)2-5-16(19)30-12/h2-11H,1H3,(H,35,36)(H,37,38)(H,39,40). The lowest BCUT2D eigenvalue weighted by Gasteiger charge is -2.06. The molecule has 6 rings (SSSR count). The van der Waals surface area contributed by atoms with E-state index in [1.165, 1.54) is 54.7 Å². The predicted molar refractivity (Wildman–Crippen MR) is 144 cm³/mol. The van der Waals surface area contributed by atoms with Crippen LogP contribution in [0.5, 0.6) is 0 Å². The molecule has 40 heavy (non-hydrogen) atoms. The SMILES string of the molecule is Cc1nc2ccc(C(=O)O)cc2ncc2nc3ccc(C(=O)O)cc3nc2c2nc3cc(C(=O)O)ccc3nc12. The minimum absolute atomic E-state index is 0.0130. The molecule has 3 N–H and O–H groups in total. The van der Waals surface area contributed by atoms with Crippen molar-refractivity contribution in [1.82, 2.24) is 29.9 Å². The molecule has 0 aliphatic rings. The fourth-order valence-electron chi connectivity index (χ4n) is 4.29. The molecule has 0 bridgehead atoms. The molecule has 0 amide bonds. The summed E-state index contributed by atoms with van der Waals surface area (Å²) in [4.78, 5) is 62.7. The maximum Gasteiger partial charge on any atom is 0.335 e. The number of carboxylic acids is 3. The molecule has 0 saturated carbocycles. The lowest BCUT2D eigenvalue weighted by molar-refractivity contribution is 0.0686. The number of benzene rings is 3. The van der Waals surface area contributed by atoms with Crippen LogP contribution in [0.15, 0.2) is 60.8 Å². The van der Waals surface area contributed by atoms with E-state index in [0.29, 0.717) is 33.3 Å². The number of fused-ring (bicyclic) bond motifs is 6. The van der Waals surface area contributed by atoms with Gasteiger partial charge in [-0.15, -0.1) is 0 Å². The third-order valence-electron chi connectivity index (χ3n) is 6.25. The van der Waals surface area contributed by atoms with Crippen molar-refractivity contribution in [2.45, 2.75) is 6.92 Å². The van der Waals surface area contributed by atoms with Crippen LogP contribution in [0.3, 0.4) is 0 Å². The summed E-state index contributed by atoms with van der Waals surface area (Å²) in [5.41, 5.74) is 3.50. The summed E-state index contributed by atoms with van der Waals surface area (Å²) < 4.78 is 0. The van der Waals surface area contributed by atoms with E-state index < -0.39 is 17.9 Å². The smallest absolute Gasteiger partial charge is 0.335 e. The van der Waals surface area contributed by atoms with Crippen LogP contribution in [0, 0.1) is 6.92 Å².